The lowest BCUT2D eigenvalue weighted by molar-refractivity contribution is -0.0498. The number of carbonyl (C=O) groups is 1. The Bertz CT molecular complexity index is 702. The maximum absolute atomic E-state index is 12.5. The highest BCUT2D eigenvalue weighted by molar-refractivity contribution is 5.94. The first-order valence-corrected chi connectivity index (χ1v) is 7.90. The summed E-state index contributed by atoms with van der Waals surface area (Å²) < 4.78 is 34.1. The molecule has 0 aliphatic rings. The predicted octanol–water partition coefficient (Wildman–Crippen LogP) is 4.42. The molecule has 6 heteroatoms. The van der Waals surface area contributed by atoms with Crippen molar-refractivity contribution in [2.24, 2.45) is 5.92 Å². The third-order valence-electron chi connectivity index (χ3n) is 3.75. The van der Waals surface area contributed by atoms with Crippen LogP contribution in [0.3, 0.4) is 0 Å². The summed E-state index contributed by atoms with van der Waals surface area (Å²) in [7, 11) is 1.59. The van der Waals surface area contributed by atoms with Gasteiger partial charge in [-0.2, -0.15) is 8.78 Å². The van der Waals surface area contributed by atoms with Gasteiger partial charge in [-0.3, -0.25) is 4.79 Å². The molecule has 0 aromatic heterocycles. The molecule has 1 amide bonds. The van der Waals surface area contributed by atoms with E-state index in [0.717, 1.165) is 11.3 Å². The minimum absolute atomic E-state index is 0.0480. The molecule has 4 nitrogen and oxygen atoms in total. The van der Waals surface area contributed by atoms with Crippen molar-refractivity contribution in [3.8, 4) is 11.5 Å². The molecule has 0 bridgehead atoms. The third-order valence-corrected chi connectivity index (χ3v) is 3.75. The van der Waals surface area contributed by atoms with Crippen LogP contribution >= 0.6 is 0 Å². The van der Waals surface area contributed by atoms with Gasteiger partial charge < -0.3 is 14.8 Å². The zero-order valence-corrected chi connectivity index (χ0v) is 14.3. The van der Waals surface area contributed by atoms with E-state index in [1.807, 2.05) is 38.1 Å². The molecular formula is C19H21F2NO3. The van der Waals surface area contributed by atoms with Crippen LogP contribution in [0.4, 0.5) is 8.78 Å². The van der Waals surface area contributed by atoms with E-state index in [2.05, 4.69) is 10.1 Å². The highest BCUT2D eigenvalue weighted by Gasteiger charge is 2.20. The number of rotatable bonds is 7. The van der Waals surface area contributed by atoms with Crippen LogP contribution in [0.1, 0.15) is 35.8 Å². The van der Waals surface area contributed by atoms with Crippen LogP contribution in [0.25, 0.3) is 0 Å². The third kappa shape index (κ3) is 5.17. The first-order valence-electron chi connectivity index (χ1n) is 7.90. The molecule has 0 spiro atoms. The number of methoxy groups -OCH3 is 1. The van der Waals surface area contributed by atoms with E-state index in [0.29, 0.717) is 0 Å². The van der Waals surface area contributed by atoms with Crippen LogP contribution in [0.2, 0.25) is 0 Å². The van der Waals surface area contributed by atoms with Crippen LogP contribution < -0.4 is 14.8 Å². The fourth-order valence-electron chi connectivity index (χ4n) is 2.48. The summed E-state index contributed by atoms with van der Waals surface area (Å²) >= 11 is 0. The Kier molecular flexibility index (Phi) is 6.33. The van der Waals surface area contributed by atoms with Gasteiger partial charge >= 0.3 is 6.61 Å². The van der Waals surface area contributed by atoms with Gasteiger partial charge in [0.25, 0.3) is 5.91 Å². The zero-order valence-electron chi connectivity index (χ0n) is 14.3. The number of ether oxygens (including phenoxy) is 2. The Morgan fingerprint density at radius 3 is 2.28 bits per heavy atom. The van der Waals surface area contributed by atoms with Crippen molar-refractivity contribution in [3.05, 3.63) is 59.7 Å². The molecular weight excluding hydrogens is 328 g/mol. The summed E-state index contributed by atoms with van der Waals surface area (Å²) in [6.07, 6.45) is 0. The maximum Gasteiger partial charge on any atom is 0.387 e. The number of carbonyl (C=O) groups excluding carboxylic acids is 1. The van der Waals surface area contributed by atoms with Crippen molar-refractivity contribution in [2.45, 2.75) is 26.5 Å². The van der Waals surface area contributed by atoms with Gasteiger partial charge in [-0.1, -0.05) is 32.0 Å². The molecule has 0 saturated heterocycles. The molecule has 0 aliphatic carbocycles. The second kappa shape index (κ2) is 8.46. The van der Waals surface area contributed by atoms with Crippen molar-refractivity contribution < 1.29 is 23.0 Å². The minimum Gasteiger partial charge on any atom is -0.497 e. The second-order valence-corrected chi connectivity index (χ2v) is 5.87. The molecule has 0 aliphatic heterocycles. The maximum atomic E-state index is 12.5. The summed E-state index contributed by atoms with van der Waals surface area (Å²) in [6, 6.07) is 12.9. The average Bonchev–Trinajstić information content (AvgIpc) is 2.59. The van der Waals surface area contributed by atoms with E-state index in [9.17, 15) is 13.6 Å². The molecule has 2 rings (SSSR count). The summed E-state index contributed by atoms with van der Waals surface area (Å²) in [6.45, 7) is 1.05. The van der Waals surface area contributed by atoms with Crippen molar-refractivity contribution in [1.29, 1.82) is 0 Å². The van der Waals surface area contributed by atoms with Gasteiger partial charge in [0.15, 0.2) is 0 Å². The number of halogens is 2. The van der Waals surface area contributed by atoms with E-state index >= 15 is 0 Å². The van der Waals surface area contributed by atoms with Gasteiger partial charge in [0.1, 0.15) is 11.5 Å². The molecule has 0 saturated carbocycles. The first-order chi connectivity index (χ1) is 11.9. The van der Waals surface area contributed by atoms with Crippen LogP contribution in [0, 0.1) is 5.92 Å². The number of hydrogen-bond acceptors (Lipinski definition) is 3. The fraction of sp³-hybridized carbons (Fsp3) is 0.316. The Morgan fingerprint density at radius 2 is 1.72 bits per heavy atom. The molecule has 0 radical (unpaired) electrons. The number of amides is 1. The molecule has 1 N–H and O–H groups in total. The molecule has 2 aromatic rings. The van der Waals surface area contributed by atoms with E-state index in [-0.39, 0.29) is 29.2 Å². The van der Waals surface area contributed by atoms with Crippen molar-refractivity contribution in [1.82, 2.24) is 5.32 Å². The molecule has 25 heavy (non-hydrogen) atoms. The van der Waals surface area contributed by atoms with E-state index in [1.54, 1.807) is 13.2 Å². The van der Waals surface area contributed by atoms with Crippen molar-refractivity contribution in [3.63, 3.8) is 0 Å². The lowest BCUT2D eigenvalue weighted by Crippen LogP contribution is -2.31. The van der Waals surface area contributed by atoms with Crippen LogP contribution in [-0.4, -0.2) is 19.6 Å². The Morgan fingerprint density at radius 1 is 1.04 bits per heavy atom. The van der Waals surface area contributed by atoms with Gasteiger partial charge in [0.05, 0.1) is 13.2 Å². The van der Waals surface area contributed by atoms with Gasteiger partial charge in [0.2, 0.25) is 0 Å². The first kappa shape index (κ1) is 18.7. The number of nitrogens with one attached hydrogen (secondary N) is 1. The Balaban J connectivity index is 2.17. The Hall–Kier alpha value is -2.63. The van der Waals surface area contributed by atoms with E-state index < -0.39 is 6.61 Å². The lowest BCUT2D eigenvalue weighted by Gasteiger charge is -2.23. The smallest absolute Gasteiger partial charge is 0.387 e. The quantitative estimate of drug-likeness (QED) is 0.805. The van der Waals surface area contributed by atoms with Crippen LogP contribution in [0.15, 0.2) is 48.5 Å². The Labute approximate surface area is 145 Å². The SMILES string of the molecule is COc1ccc([C@@H](NC(=O)c2cccc(OC(F)F)c2)C(C)C)cc1. The highest BCUT2D eigenvalue weighted by atomic mass is 19.3. The highest BCUT2D eigenvalue weighted by Crippen LogP contribution is 2.25. The van der Waals surface area contributed by atoms with Gasteiger partial charge in [-0.05, 0) is 41.8 Å². The molecule has 134 valence electrons. The molecule has 0 fully saturated rings. The molecule has 0 heterocycles. The molecule has 1 atom stereocenters. The van der Waals surface area contributed by atoms with Gasteiger partial charge in [-0.25, -0.2) is 0 Å². The predicted molar refractivity (Wildman–Crippen MR) is 91.1 cm³/mol. The average molecular weight is 349 g/mol. The monoisotopic (exact) mass is 349 g/mol. The largest absolute Gasteiger partial charge is 0.497 e. The topological polar surface area (TPSA) is 47.6 Å². The summed E-state index contributed by atoms with van der Waals surface area (Å²) in [5.74, 6) is 0.467. The lowest BCUT2D eigenvalue weighted by atomic mass is 9.95. The van der Waals surface area contributed by atoms with Gasteiger partial charge in [0, 0.05) is 5.56 Å². The number of hydrogen-bond donors (Lipinski definition) is 1. The summed E-state index contributed by atoms with van der Waals surface area (Å²) in [5.41, 5.74) is 1.20. The number of alkyl halides is 2. The fourth-order valence-corrected chi connectivity index (χ4v) is 2.48. The second-order valence-electron chi connectivity index (χ2n) is 5.87. The molecule has 0 unspecified atom stereocenters. The minimum atomic E-state index is -2.93. The molecule has 2 aromatic carbocycles. The van der Waals surface area contributed by atoms with E-state index in [1.165, 1.54) is 18.2 Å². The summed E-state index contributed by atoms with van der Waals surface area (Å²) in [4.78, 5) is 12.5. The zero-order chi connectivity index (χ0) is 18.4. The van der Waals surface area contributed by atoms with Gasteiger partial charge in [-0.15, -0.1) is 0 Å². The number of benzene rings is 2. The normalized spacial score (nSPS) is 12.1. The van der Waals surface area contributed by atoms with Crippen molar-refractivity contribution >= 4 is 5.91 Å². The van der Waals surface area contributed by atoms with Crippen molar-refractivity contribution in [2.75, 3.05) is 7.11 Å². The van der Waals surface area contributed by atoms with Crippen LogP contribution in [0.5, 0.6) is 11.5 Å². The van der Waals surface area contributed by atoms with E-state index in [4.69, 9.17) is 4.74 Å². The standard InChI is InChI=1S/C19H21F2NO3/c1-12(2)17(13-7-9-15(24-3)10-8-13)22-18(23)14-5-4-6-16(11-14)25-19(20)21/h4-12,17,19H,1-3H3,(H,22,23)/t17-/m0/s1. The van der Waals surface area contributed by atoms with Crippen LogP contribution in [-0.2, 0) is 0 Å². The summed E-state index contributed by atoms with van der Waals surface area (Å²) in [5, 5.41) is 2.94.